The van der Waals surface area contributed by atoms with Gasteiger partial charge in [-0.2, -0.15) is 0 Å². The molecule has 1 fully saturated rings. The van der Waals surface area contributed by atoms with E-state index in [9.17, 15) is 10.1 Å². The largest absolute Gasteiger partial charge is 0.382 e. The number of benzene rings is 1. The van der Waals surface area contributed by atoms with E-state index in [2.05, 4.69) is 17.6 Å². The van der Waals surface area contributed by atoms with E-state index in [4.69, 9.17) is 0 Å². The minimum atomic E-state index is -0.328. The maximum atomic E-state index is 11.2. The van der Waals surface area contributed by atoms with Crippen LogP contribution in [0.3, 0.4) is 0 Å². The van der Waals surface area contributed by atoms with Crippen LogP contribution < -0.4 is 10.6 Å². The molecular weight excluding hydrogens is 242 g/mol. The fraction of sp³-hybridized carbons (Fsp3) is 0.571. The molecule has 5 nitrogen and oxygen atoms in total. The summed E-state index contributed by atoms with van der Waals surface area (Å²) in [5.74, 6) is 1.42. The molecule has 104 valence electrons. The van der Waals surface area contributed by atoms with E-state index in [-0.39, 0.29) is 10.6 Å². The molecule has 5 heteroatoms. The van der Waals surface area contributed by atoms with E-state index in [1.807, 2.05) is 6.07 Å². The van der Waals surface area contributed by atoms with Gasteiger partial charge in [0.05, 0.1) is 4.92 Å². The molecule has 0 radical (unpaired) electrons. The van der Waals surface area contributed by atoms with Crippen LogP contribution in [0.2, 0.25) is 0 Å². The lowest BCUT2D eigenvalue weighted by molar-refractivity contribution is -0.383. The Labute approximate surface area is 113 Å². The molecular formula is C14H21N3O2. The first-order chi connectivity index (χ1) is 9.11. The molecule has 1 aromatic rings. The van der Waals surface area contributed by atoms with Gasteiger partial charge >= 0.3 is 5.69 Å². The van der Waals surface area contributed by atoms with Gasteiger partial charge in [-0.15, -0.1) is 0 Å². The summed E-state index contributed by atoms with van der Waals surface area (Å²) in [4.78, 5) is 10.8. The number of nitro benzene ring substituents is 1. The Hall–Kier alpha value is -1.78. The van der Waals surface area contributed by atoms with Gasteiger partial charge in [0, 0.05) is 13.6 Å². The number of nitrogens with zero attached hydrogens (tertiary/aromatic N) is 1. The van der Waals surface area contributed by atoms with E-state index in [1.54, 1.807) is 19.2 Å². The first-order valence-corrected chi connectivity index (χ1v) is 6.80. The number of para-hydroxylation sites is 1. The van der Waals surface area contributed by atoms with Gasteiger partial charge in [-0.3, -0.25) is 10.1 Å². The summed E-state index contributed by atoms with van der Waals surface area (Å²) in [6.45, 7) is 3.09. The summed E-state index contributed by atoms with van der Waals surface area (Å²) < 4.78 is 0. The van der Waals surface area contributed by atoms with Crippen LogP contribution in [0.4, 0.5) is 17.1 Å². The number of nitrogens with one attached hydrogen (secondary N) is 2. The van der Waals surface area contributed by atoms with Crippen LogP contribution in [0, 0.1) is 22.0 Å². The maximum Gasteiger partial charge on any atom is 0.315 e. The Kier molecular flexibility index (Phi) is 4.24. The molecule has 0 amide bonds. The molecule has 1 saturated carbocycles. The average molecular weight is 263 g/mol. The van der Waals surface area contributed by atoms with Crippen molar-refractivity contribution < 1.29 is 4.92 Å². The highest BCUT2D eigenvalue weighted by molar-refractivity contribution is 5.75. The first-order valence-electron chi connectivity index (χ1n) is 6.80. The second kappa shape index (κ2) is 5.91. The summed E-state index contributed by atoms with van der Waals surface area (Å²) >= 11 is 0. The van der Waals surface area contributed by atoms with Crippen molar-refractivity contribution in [3.05, 3.63) is 28.3 Å². The molecule has 0 bridgehead atoms. The molecule has 2 unspecified atom stereocenters. The average Bonchev–Trinajstić information content (AvgIpc) is 2.81. The van der Waals surface area contributed by atoms with Crippen LogP contribution in [0.25, 0.3) is 0 Å². The van der Waals surface area contributed by atoms with Crippen LogP contribution in [0.15, 0.2) is 18.2 Å². The number of nitro groups is 1. The van der Waals surface area contributed by atoms with Gasteiger partial charge in [-0.05, 0) is 36.8 Å². The molecule has 0 heterocycles. The van der Waals surface area contributed by atoms with Gasteiger partial charge in [0.1, 0.15) is 11.4 Å². The molecule has 0 saturated heterocycles. The van der Waals surface area contributed by atoms with Crippen LogP contribution in [-0.2, 0) is 0 Å². The number of hydrogen-bond acceptors (Lipinski definition) is 4. The lowest BCUT2D eigenvalue weighted by Crippen LogP contribution is -2.13. The van der Waals surface area contributed by atoms with Gasteiger partial charge < -0.3 is 10.6 Å². The van der Waals surface area contributed by atoms with Crippen molar-refractivity contribution >= 4 is 17.1 Å². The van der Waals surface area contributed by atoms with Crippen molar-refractivity contribution in [3.63, 3.8) is 0 Å². The summed E-state index contributed by atoms with van der Waals surface area (Å²) in [5, 5.41) is 17.3. The fourth-order valence-corrected chi connectivity index (χ4v) is 2.85. The van der Waals surface area contributed by atoms with E-state index in [0.29, 0.717) is 17.3 Å². The molecule has 2 rings (SSSR count). The van der Waals surface area contributed by atoms with Crippen molar-refractivity contribution in [1.29, 1.82) is 0 Å². The van der Waals surface area contributed by atoms with Crippen LogP contribution in [0.1, 0.15) is 26.2 Å². The highest BCUT2D eigenvalue weighted by Crippen LogP contribution is 2.34. The topological polar surface area (TPSA) is 67.2 Å². The predicted molar refractivity (Wildman–Crippen MR) is 77.6 cm³/mol. The second-order valence-electron chi connectivity index (χ2n) is 5.37. The molecule has 2 N–H and O–H groups in total. The molecule has 0 aliphatic heterocycles. The second-order valence-corrected chi connectivity index (χ2v) is 5.37. The third-order valence-electron chi connectivity index (χ3n) is 3.87. The maximum absolute atomic E-state index is 11.2. The summed E-state index contributed by atoms with van der Waals surface area (Å²) in [7, 11) is 1.70. The van der Waals surface area contributed by atoms with Gasteiger partial charge in [0.25, 0.3) is 0 Å². The van der Waals surface area contributed by atoms with E-state index >= 15 is 0 Å². The Morgan fingerprint density at radius 2 is 2.11 bits per heavy atom. The predicted octanol–water partition coefficient (Wildman–Crippen LogP) is 3.48. The lowest BCUT2D eigenvalue weighted by Gasteiger charge is -2.13. The van der Waals surface area contributed by atoms with Crippen LogP contribution >= 0.6 is 0 Å². The Balaban J connectivity index is 2.09. The minimum absolute atomic E-state index is 0.135. The zero-order valence-electron chi connectivity index (χ0n) is 11.5. The summed E-state index contributed by atoms with van der Waals surface area (Å²) in [6, 6.07) is 5.33. The standard InChI is InChI=1S/C14H21N3O2/c1-10-6-7-11(8-10)9-16-13-5-3-4-12(15-2)14(13)17(18)19/h3-5,10-11,15-16H,6-9H2,1-2H3. The van der Waals surface area contributed by atoms with Gasteiger partial charge in [-0.25, -0.2) is 0 Å². The van der Waals surface area contributed by atoms with E-state index in [0.717, 1.165) is 12.5 Å². The SMILES string of the molecule is CNc1cccc(NCC2CCC(C)C2)c1[N+](=O)[O-]. The van der Waals surface area contributed by atoms with Crippen molar-refractivity contribution in [3.8, 4) is 0 Å². The minimum Gasteiger partial charge on any atom is -0.382 e. The fourth-order valence-electron chi connectivity index (χ4n) is 2.85. The lowest BCUT2D eigenvalue weighted by atomic mass is 10.1. The Morgan fingerprint density at radius 3 is 2.68 bits per heavy atom. The van der Waals surface area contributed by atoms with E-state index in [1.165, 1.54) is 19.3 Å². The van der Waals surface area contributed by atoms with Crippen molar-refractivity contribution in [2.24, 2.45) is 11.8 Å². The molecule has 0 spiro atoms. The molecule has 1 aliphatic carbocycles. The monoisotopic (exact) mass is 263 g/mol. The summed E-state index contributed by atoms with van der Waals surface area (Å²) in [5.41, 5.74) is 1.29. The van der Waals surface area contributed by atoms with Crippen LogP contribution in [-0.4, -0.2) is 18.5 Å². The molecule has 19 heavy (non-hydrogen) atoms. The zero-order valence-corrected chi connectivity index (χ0v) is 11.5. The highest BCUT2D eigenvalue weighted by atomic mass is 16.6. The molecule has 2 atom stereocenters. The molecule has 0 aromatic heterocycles. The Morgan fingerprint density at radius 1 is 1.37 bits per heavy atom. The smallest absolute Gasteiger partial charge is 0.315 e. The van der Waals surface area contributed by atoms with Gasteiger partial charge in [-0.1, -0.05) is 19.4 Å². The summed E-state index contributed by atoms with van der Waals surface area (Å²) in [6.07, 6.45) is 3.70. The van der Waals surface area contributed by atoms with Gasteiger partial charge in [0.15, 0.2) is 0 Å². The van der Waals surface area contributed by atoms with Crippen molar-refractivity contribution in [2.75, 3.05) is 24.2 Å². The quantitative estimate of drug-likeness (QED) is 0.630. The number of rotatable bonds is 5. The van der Waals surface area contributed by atoms with Crippen LogP contribution in [0.5, 0.6) is 0 Å². The van der Waals surface area contributed by atoms with Crippen molar-refractivity contribution in [2.45, 2.75) is 26.2 Å². The van der Waals surface area contributed by atoms with Gasteiger partial charge in [0.2, 0.25) is 0 Å². The third-order valence-corrected chi connectivity index (χ3v) is 3.87. The number of hydrogen-bond donors (Lipinski definition) is 2. The number of anilines is 2. The molecule has 1 aliphatic rings. The highest BCUT2D eigenvalue weighted by Gasteiger charge is 2.23. The molecule has 1 aromatic carbocycles. The first kappa shape index (κ1) is 13.6. The van der Waals surface area contributed by atoms with E-state index < -0.39 is 0 Å². The van der Waals surface area contributed by atoms with Crippen molar-refractivity contribution in [1.82, 2.24) is 0 Å². The zero-order chi connectivity index (χ0) is 13.8. The normalized spacial score (nSPS) is 22.2. The Bertz CT molecular complexity index is 462. The third kappa shape index (κ3) is 3.16.